The minimum Gasteiger partial charge on any atom is -0.508 e. The van der Waals surface area contributed by atoms with E-state index in [4.69, 9.17) is 17.0 Å². The molecule has 2 saturated heterocycles. The van der Waals surface area contributed by atoms with Crippen LogP contribution in [0.3, 0.4) is 0 Å². The summed E-state index contributed by atoms with van der Waals surface area (Å²) in [6, 6.07) is 38.1. The molecule has 0 amide bonds. The van der Waals surface area contributed by atoms with Crippen LogP contribution in [0.15, 0.2) is 121 Å². The minimum absolute atomic E-state index is 0.0892. The fourth-order valence-electron chi connectivity index (χ4n) is 7.81. The van der Waals surface area contributed by atoms with Crippen molar-refractivity contribution in [3.63, 3.8) is 0 Å². The first-order valence-corrected chi connectivity index (χ1v) is 18.5. The number of aliphatic hydroxyl groups is 3. The third-order valence-electron chi connectivity index (χ3n) is 10.5. The summed E-state index contributed by atoms with van der Waals surface area (Å²) in [5, 5.41) is 42.4. The molecule has 5 aromatic rings. The van der Waals surface area contributed by atoms with E-state index in [0.717, 1.165) is 56.9 Å². The number of aromatic hydroxyl groups is 1. The number of hydrogen-bond acceptors (Lipinski definition) is 6. The second-order valence-corrected chi connectivity index (χ2v) is 14.5. The zero-order valence-electron chi connectivity index (χ0n) is 28.9. The highest BCUT2D eigenvalue weighted by molar-refractivity contribution is 7.80. The maximum Gasteiger partial charge on any atom is 0.123 e. The number of halogens is 1. The lowest BCUT2D eigenvalue weighted by Gasteiger charge is -2.32. The second kappa shape index (κ2) is 16.1. The molecule has 6 atom stereocenters. The molecule has 5 aromatic carbocycles. The molecule has 8 heteroatoms. The molecule has 6 unspecified atom stereocenters. The summed E-state index contributed by atoms with van der Waals surface area (Å²) < 4.78 is 19.5. The molecule has 0 spiro atoms. The van der Waals surface area contributed by atoms with Crippen LogP contribution in [0.4, 0.5) is 10.1 Å². The summed E-state index contributed by atoms with van der Waals surface area (Å²) in [7, 11) is 0. The van der Waals surface area contributed by atoms with E-state index >= 15 is 0 Å². The summed E-state index contributed by atoms with van der Waals surface area (Å²) in [5.74, 6) is -0.0564. The van der Waals surface area contributed by atoms with Crippen LogP contribution in [0.1, 0.15) is 73.5 Å². The number of thiocarbonyl (C=S) groups is 1. The van der Waals surface area contributed by atoms with E-state index in [0.29, 0.717) is 31.2 Å². The molecule has 268 valence electrons. The number of phenolic OH excluding ortho intramolecular Hbond substituents is 1. The maximum absolute atomic E-state index is 13.5. The van der Waals surface area contributed by atoms with E-state index in [-0.39, 0.29) is 42.3 Å². The predicted octanol–water partition coefficient (Wildman–Crippen LogP) is 9.24. The zero-order valence-corrected chi connectivity index (χ0v) is 29.7. The number of hydrogen-bond donors (Lipinski definition) is 4. The monoisotopic (exact) mass is 717 g/mol. The van der Waals surface area contributed by atoms with Crippen molar-refractivity contribution in [2.75, 3.05) is 11.5 Å². The van der Waals surface area contributed by atoms with E-state index < -0.39 is 12.2 Å². The van der Waals surface area contributed by atoms with Crippen molar-refractivity contribution >= 4 is 22.9 Å². The normalized spacial score (nSPS) is 22.4. The Morgan fingerprint density at radius 3 is 2.15 bits per heavy atom. The number of phenols is 1. The van der Waals surface area contributed by atoms with Gasteiger partial charge in [-0.3, -0.25) is 0 Å². The third kappa shape index (κ3) is 7.97. The first kappa shape index (κ1) is 35.9. The van der Waals surface area contributed by atoms with Crippen molar-refractivity contribution in [2.24, 2.45) is 5.92 Å². The van der Waals surface area contributed by atoms with Crippen LogP contribution in [0.25, 0.3) is 22.3 Å². The van der Waals surface area contributed by atoms with Gasteiger partial charge in [0.05, 0.1) is 42.1 Å². The Balaban J connectivity index is 1.14. The van der Waals surface area contributed by atoms with Gasteiger partial charge in [-0.25, -0.2) is 4.39 Å². The maximum atomic E-state index is 13.5. The summed E-state index contributed by atoms with van der Waals surface area (Å²) in [6.45, 7) is -0.127. The predicted molar refractivity (Wildman–Crippen MR) is 206 cm³/mol. The molecule has 2 aliphatic heterocycles. The number of aliphatic hydroxyl groups excluding tert-OH is 3. The van der Waals surface area contributed by atoms with Crippen molar-refractivity contribution in [1.29, 1.82) is 0 Å². The molecule has 52 heavy (non-hydrogen) atoms. The van der Waals surface area contributed by atoms with Crippen molar-refractivity contribution in [3.8, 4) is 28.0 Å². The highest BCUT2D eigenvalue weighted by Gasteiger charge is 2.40. The molecule has 0 bridgehead atoms. The SMILES string of the molecule is OCC1CC(O)CC(c2ccc(-c3ccc(C4C(CCCC(O)c5ccc(F)cc5)CC(=S)N4c4ccc(-c5ccccc5)cc4)c(O)c3)cc2)O1. The highest BCUT2D eigenvalue weighted by Crippen LogP contribution is 2.48. The third-order valence-corrected chi connectivity index (χ3v) is 10.9. The van der Waals surface area contributed by atoms with Gasteiger partial charge in [-0.15, -0.1) is 0 Å². The van der Waals surface area contributed by atoms with Crippen molar-refractivity contribution in [1.82, 2.24) is 0 Å². The van der Waals surface area contributed by atoms with Crippen molar-refractivity contribution in [2.45, 2.75) is 69.0 Å². The topological polar surface area (TPSA) is 93.4 Å². The smallest absolute Gasteiger partial charge is 0.123 e. The largest absolute Gasteiger partial charge is 0.508 e. The molecule has 4 N–H and O–H groups in total. The van der Waals surface area contributed by atoms with Crippen molar-refractivity contribution in [3.05, 3.63) is 144 Å². The van der Waals surface area contributed by atoms with Gasteiger partial charge in [0.2, 0.25) is 0 Å². The van der Waals surface area contributed by atoms with Gasteiger partial charge in [-0.05, 0) is 82.5 Å². The fourth-order valence-corrected chi connectivity index (χ4v) is 8.25. The summed E-state index contributed by atoms with van der Waals surface area (Å²) in [6.07, 6.45) is 1.72. The van der Waals surface area contributed by atoms with Gasteiger partial charge in [0, 0.05) is 30.5 Å². The van der Waals surface area contributed by atoms with Gasteiger partial charge >= 0.3 is 0 Å². The molecule has 7 rings (SSSR count). The Kier molecular flexibility index (Phi) is 11.1. The Morgan fingerprint density at radius 1 is 0.808 bits per heavy atom. The van der Waals surface area contributed by atoms with E-state index in [2.05, 4.69) is 41.3 Å². The number of ether oxygens (including phenoxy) is 1. The van der Waals surface area contributed by atoms with E-state index in [1.165, 1.54) is 12.1 Å². The van der Waals surface area contributed by atoms with Gasteiger partial charge in [0.15, 0.2) is 0 Å². The lowest BCUT2D eigenvalue weighted by Crippen LogP contribution is -2.33. The average Bonchev–Trinajstić information content (AvgIpc) is 3.50. The number of anilines is 1. The molecule has 2 fully saturated rings. The number of rotatable bonds is 11. The van der Waals surface area contributed by atoms with Gasteiger partial charge in [0.25, 0.3) is 0 Å². The Morgan fingerprint density at radius 2 is 1.46 bits per heavy atom. The summed E-state index contributed by atoms with van der Waals surface area (Å²) >= 11 is 6.05. The van der Waals surface area contributed by atoms with Gasteiger partial charge in [-0.2, -0.15) is 0 Å². The average molecular weight is 718 g/mol. The number of nitrogens with zero attached hydrogens (tertiary/aromatic N) is 1. The molecular formula is C44H44FNO5S. The Bertz CT molecular complexity index is 1950. The van der Waals surface area contributed by atoms with Gasteiger partial charge in [0.1, 0.15) is 11.6 Å². The van der Waals surface area contributed by atoms with Crippen LogP contribution in [0.5, 0.6) is 5.75 Å². The van der Waals surface area contributed by atoms with Crippen LogP contribution < -0.4 is 4.90 Å². The molecule has 6 nitrogen and oxygen atoms in total. The minimum atomic E-state index is -0.695. The first-order chi connectivity index (χ1) is 25.3. The Labute approximate surface area is 309 Å². The molecule has 0 saturated carbocycles. The molecule has 0 aromatic heterocycles. The molecule has 2 aliphatic rings. The highest BCUT2D eigenvalue weighted by atomic mass is 32.1. The van der Waals surface area contributed by atoms with Crippen LogP contribution >= 0.6 is 12.2 Å². The van der Waals surface area contributed by atoms with Crippen LogP contribution in [-0.4, -0.2) is 44.2 Å². The first-order valence-electron chi connectivity index (χ1n) is 18.1. The lowest BCUT2D eigenvalue weighted by molar-refractivity contribution is -0.113. The Hall–Kier alpha value is -4.44. The lowest BCUT2D eigenvalue weighted by atomic mass is 9.87. The number of benzene rings is 5. The molecular weight excluding hydrogens is 674 g/mol. The molecule has 0 aliphatic carbocycles. The quantitative estimate of drug-likeness (QED) is 0.101. The van der Waals surface area contributed by atoms with E-state index in [1.54, 1.807) is 18.2 Å². The molecule has 2 heterocycles. The summed E-state index contributed by atoms with van der Waals surface area (Å²) in [4.78, 5) is 2.98. The van der Waals surface area contributed by atoms with Crippen LogP contribution in [-0.2, 0) is 4.74 Å². The van der Waals surface area contributed by atoms with E-state index in [1.807, 2.05) is 54.6 Å². The van der Waals surface area contributed by atoms with Crippen LogP contribution in [0, 0.1) is 11.7 Å². The zero-order chi connectivity index (χ0) is 36.2. The fraction of sp³-hybridized carbons (Fsp3) is 0.295. The second-order valence-electron chi connectivity index (χ2n) is 14.0. The van der Waals surface area contributed by atoms with Crippen LogP contribution in [0.2, 0.25) is 0 Å². The molecule has 0 radical (unpaired) electrons. The van der Waals surface area contributed by atoms with Crippen molar-refractivity contribution < 1.29 is 29.6 Å². The van der Waals surface area contributed by atoms with E-state index in [9.17, 15) is 24.8 Å². The van der Waals surface area contributed by atoms with Gasteiger partial charge in [-0.1, -0.05) is 110 Å². The van der Waals surface area contributed by atoms with Gasteiger partial charge < -0.3 is 30.1 Å². The standard InChI is InChI=1S/C44H44FNO5S/c45-35-18-13-31(14-19-35)40(49)8-4-7-34-24-43(52)46(36-20-15-29(16-21-36)28-5-2-1-3-6-28)44(34)39-22-17-33(23-41(39)50)30-9-11-32(12-10-30)42-26-37(48)25-38(27-47)51-42/h1-3,5-6,9-23,34,37-38,40,42,44,47-50H,4,7-8,24-27H2. The summed E-state index contributed by atoms with van der Waals surface area (Å²) in [5.41, 5.74) is 7.41.